The Balaban J connectivity index is 0. The highest BCUT2D eigenvalue weighted by molar-refractivity contribution is 7.88. The maximum atomic E-state index is 11.7. The Kier molecular flexibility index (Phi) is 7.17. The van der Waals surface area contributed by atoms with Crippen molar-refractivity contribution >= 4 is 26.1 Å². The zero-order chi connectivity index (χ0) is 17.9. The average Bonchev–Trinajstić information content (AvgIpc) is 2.12. The molecule has 0 saturated heterocycles. The normalized spacial score (nSPS) is 13.0. The van der Waals surface area contributed by atoms with Gasteiger partial charge in [0.05, 0.1) is 6.92 Å². The van der Waals surface area contributed by atoms with Crippen LogP contribution < -0.4 is 0 Å². The van der Waals surface area contributed by atoms with Crippen LogP contribution in [0, 0.1) is 0 Å². The highest BCUT2D eigenvalue weighted by Crippen LogP contribution is 2.24. The number of hydrogen-bond acceptors (Lipinski definition) is 6. The highest BCUT2D eigenvalue weighted by atomic mass is 32.2. The van der Waals surface area contributed by atoms with Crippen LogP contribution in [0.5, 0.6) is 0 Å². The molecule has 128 valence electrons. The quantitative estimate of drug-likeness (QED) is 0.128. The van der Waals surface area contributed by atoms with E-state index >= 15 is 0 Å². The van der Waals surface area contributed by atoms with Crippen molar-refractivity contribution in [1.82, 2.24) is 0 Å². The van der Waals surface area contributed by atoms with Crippen molar-refractivity contribution in [3.8, 4) is 0 Å². The molecule has 0 heterocycles. The van der Waals surface area contributed by atoms with Gasteiger partial charge in [0.1, 0.15) is 14.1 Å². The molecule has 7 nitrogen and oxygen atoms in total. The third-order valence-electron chi connectivity index (χ3n) is 1.43. The van der Waals surface area contributed by atoms with E-state index in [9.17, 15) is 34.8 Å². The summed E-state index contributed by atoms with van der Waals surface area (Å²) in [6, 6.07) is 0. The lowest BCUT2D eigenvalue weighted by Gasteiger charge is -2.08. The van der Waals surface area contributed by atoms with E-state index in [0.717, 1.165) is 11.5 Å². The molecule has 0 N–H and O–H groups in total. The Labute approximate surface area is 115 Å². The maximum absolute atomic E-state index is 11.7. The number of halogens is 6. The van der Waals surface area contributed by atoms with Crippen LogP contribution in [-0.2, 0) is 24.4 Å². The molecule has 0 rings (SSSR count). The molecule has 0 fully saturated rings. The van der Waals surface area contributed by atoms with Gasteiger partial charge in [-0.15, -0.1) is 0 Å². The molecular formula is C6H9F6NO6S2. The van der Waals surface area contributed by atoms with Crippen LogP contribution in [0.15, 0.2) is 0 Å². The van der Waals surface area contributed by atoms with Gasteiger partial charge in [-0.2, -0.15) is 34.8 Å². The predicted molar refractivity (Wildman–Crippen MR) is 54.6 cm³/mol. The fourth-order valence-corrected chi connectivity index (χ4v) is 0.842. The van der Waals surface area contributed by atoms with Crippen LogP contribution in [0.2, 0.25) is 0 Å². The summed E-state index contributed by atoms with van der Waals surface area (Å²) in [5.74, 6) is -0.350. The smallest absolute Gasteiger partial charge is 0.534 e. The van der Waals surface area contributed by atoms with Gasteiger partial charge in [-0.3, -0.25) is 0 Å². The van der Waals surface area contributed by atoms with Gasteiger partial charge < -0.3 is 8.74 Å². The van der Waals surface area contributed by atoms with Gasteiger partial charge in [-0.05, 0) is 0 Å². The topological polar surface area (TPSA) is 104 Å². The monoisotopic (exact) mass is 369 g/mol. The van der Waals surface area contributed by atoms with Gasteiger partial charge >= 0.3 is 27.0 Å². The van der Waals surface area contributed by atoms with Crippen LogP contribution in [0.4, 0.5) is 26.3 Å². The first-order chi connectivity index (χ1) is 8.83. The molecule has 0 aromatic carbocycles. The van der Waals surface area contributed by atoms with Crippen LogP contribution in [0.1, 0.15) is 6.92 Å². The molecule has 0 radical (unpaired) electrons. The molecule has 0 aromatic rings. The van der Waals surface area contributed by atoms with E-state index in [4.69, 9.17) is 13.0 Å². The lowest BCUT2D eigenvalue weighted by atomic mass is 10.7. The lowest BCUT2D eigenvalue weighted by molar-refractivity contribution is -0.472. The Hall–Kier alpha value is -1.09. The molecule has 0 aliphatic heterocycles. The Bertz CT molecular complexity index is 582. The molecule has 0 bridgehead atoms. The molecule has 0 saturated carbocycles. The standard InChI is InChI=1S/C5H9F3NO3S.CHF3O3S/c1-4(9(2)3)12-13(10,11)5(6,7)8;2-1(3,4)8(5,6)7/h1-3H3;(H,5,6,7)/q+1;/p-1. The molecule has 0 unspecified atom stereocenters. The Morgan fingerprint density at radius 3 is 1.38 bits per heavy atom. The van der Waals surface area contributed by atoms with Crippen molar-refractivity contribution in [2.45, 2.75) is 17.9 Å². The van der Waals surface area contributed by atoms with Crippen molar-refractivity contribution in [2.24, 2.45) is 0 Å². The molecule has 0 aromatic heterocycles. The first kappa shape index (κ1) is 22.2. The van der Waals surface area contributed by atoms with Crippen molar-refractivity contribution in [3.63, 3.8) is 0 Å². The second-order valence-corrected chi connectivity index (χ2v) is 6.21. The van der Waals surface area contributed by atoms with E-state index in [1.807, 2.05) is 0 Å². The van der Waals surface area contributed by atoms with Gasteiger partial charge in [-0.1, -0.05) is 0 Å². The second-order valence-electron chi connectivity index (χ2n) is 3.30. The summed E-state index contributed by atoms with van der Waals surface area (Å²) in [5, 5.41) is 0. The highest BCUT2D eigenvalue weighted by Gasteiger charge is 2.49. The molecule has 0 aliphatic carbocycles. The summed E-state index contributed by atoms with van der Waals surface area (Å²) in [5.41, 5.74) is -11.0. The molecular weight excluding hydrogens is 360 g/mol. The molecule has 0 spiro atoms. The van der Waals surface area contributed by atoms with Gasteiger partial charge in [0.2, 0.25) is 0 Å². The summed E-state index contributed by atoms with van der Waals surface area (Å²) >= 11 is 0. The predicted octanol–water partition coefficient (Wildman–Crippen LogP) is 0.595. The SMILES string of the molecule is CC(OS(=O)(=O)C(F)(F)F)=[N+](C)C.O=S(=O)([O-])C(F)(F)F. The molecule has 0 aliphatic rings. The Morgan fingerprint density at radius 2 is 1.24 bits per heavy atom. The van der Waals surface area contributed by atoms with Crippen molar-refractivity contribution in [1.29, 1.82) is 0 Å². The van der Waals surface area contributed by atoms with Gasteiger partial charge in [0.25, 0.3) is 0 Å². The van der Waals surface area contributed by atoms with E-state index in [1.165, 1.54) is 14.1 Å². The molecule has 15 heteroatoms. The summed E-state index contributed by atoms with van der Waals surface area (Å²) in [6.45, 7) is 1.11. The summed E-state index contributed by atoms with van der Waals surface area (Å²) in [6.07, 6.45) is 0. The lowest BCUT2D eigenvalue weighted by Crippen LogP contribution is -2.29. The molecule has 21 heavy (non-hydrogen) atoms. The fourth-order valence-electron chi connectivity index (χ4n) is 0.281. The zero-order valence-electron chi connectivity index (χ0n) is 10.5. The third kappa shape index (κ3) is 8.05. The van der Waals surface area contributed by atoms with Crippen LogP contribution in [0.25, 0.3) is 0 Å². The van der Waals surface area contributed by atoms with Crippen molar-refractivity contribution in [2.75, 3.05) is 14.1 Å². The largest absolute Gasteiger partial charge is 0.741 e. The van der Waals surface area contributed by atoms with Crippen LogP contribution >= 0.6 is 0 Å². The summed E-state index contributed by atoms with van der Waals surface area (Å²) in [4.78, 5) is 0. The van der Waals surface area contributed by atoms with E-state index in [2.05, 4.69) is 4.18 Å². The minimum Gasteiger partial charge on any atom is -0.741 e. The first-order valence-corrected chi connectivity index (χ1v) is 7.18. The third-order valence-corrected chi connectivity index (χ3v) is 3.02. The van der Waals surface area contributed by atoms with Gasteiger partial charge in [0, 0.05) is 0 Å². The van der Waals surface area contributed by atoms with Crippen LogP contribution in [0.3, 0.4) is 0 Å². The van der Waals surface area contributed by atoms with E-state index in [0.29, 0.717) is 0 Å². The number of alkyl halides is 6. The van der Waals surface area contributed by atoms with Gasteiger partial charge in [-0.25, -0.2) is 13.0 Å². The molecule has 0 amide bonds. The van der Waals surface area contributed by atoms with E-state index in [-0.39, 0.29) is 5.90 Å². The van der Waals surface area contributed by atoms with Gasteiger partial charge in [0.15, 0.2) is 10.1 Å². The summed E-state index contributed by atoms with van der Waals surface area (Å²) < 4.78 is 120. The number of nitrogens with zero attached hydrogens (tertiary/aromatic N) is 1. The zero-order valence-corrected chi connectivity index (χ0v) is 12.1. The van der Waals surface area contributed by atoms with Crippen molar-refractivity contribution < 1.29 is 56.5 Å². The first-order valence-electron chi connectivity index (χ1n) is 4.36. The Morgan fingerprint density at radius 1 is 0.952 bits per heavy atom. The molecule has 0 atom stereocenters. The number of hydrogen-bond donors (Lipinski definition) is 0. The van der Waals surface area contributed by atoms with E-state index < -0.39 is 31.3 Å². The number of rotatable bonds is 1. The van der Waals surface area contributed by atoms with E-state index in [1.54, 1.807) is 0 Å². The van der Waals surface area contributed by atoms with Crippen LogP contribution in [-0.4, -0.2) is 57.0 Å². The second kappa shape index (κ2) is 6.78. The average molecular weight is 369 g/mol. The van der Waals surface area contributed by atoms with Crippen molar-refractivity contribution in [3.05, 3.63) is 0 Å². The minimum atomic E-state index is -6.09. The fraction of sp³-hybridized carbons (Fsp3) is 0.833. The maximum Gasteiger partial charge on any atom is 0.534 e. The summed E-state index contributed by atoms with van der Waals surface area (Å²) in [7, 11) is -8.89. The minimum absolute atomic E-state index is 0.350.